The van der Waals surface area contributed by atoms with Crippen LogP contribution in [0.2, 0.25) is 0 Å². The third kappa shape index (κ3) is 3.59. The smallest absolute Gasteiger partial charge is 0.0734 e. The lowest BCUT2D eigenvalue weighted by molar-refractivity contribution is 0.0107. The molecule has 0 amide bonds. The van der Waals surface area contributed by atoms with Crippen molar-refractivity contribution in [2.45, 2.75) is 88.8 Å². The summed E-state index contributed by atoms with van der Waals surface area (Å²) in [4.78, 5) is 3.78. The summed E-state index contributed by atoms with van der Waals surface area (Å²) in [6.45, 7) is 2.30. The zero-order valence-corrected chi connectivity index (χ0v) is 20.6. The number of anilines is 1. The van der Waals surface area contributed by atoms with Crippen LogP contribution >= 0.6 is 0 Å². The second-order valence-corrected chi connectivity index (χ2v) is 12.2. The van der Waals surface area contributed by atoms with Crippen LogP contribution < -0.4 is 10.6 Å². The zero-order chi connectivity index (χ0) is 22.7. The molecule has 3 N–H and O–H groups in total. The molecule has 0 radical (unpaired) electrons. The van der Waals surface area contributed by atoms with E-state index >= 15 is 0 Å². The molecule has 2 unspecified atom stereocenters. The van der Waals surface area contributed by atoms with Crippen LogP contribution in [0.5, 0.6) is 0 Å². The quantitative estimate of drug-likeness (QED) is 0.365. The lowest BCUT2D eigenvalue weighted by Crippen LogP contribution is -2.54. The second kappa shape index (κ2) is 8.16. The highest BCUT2D eigenvalue weighted by Gasteiger charge is 2.50. The predicted molar refractivity (Wildman–Crippen MR) is 141 cm³/mol. The normalized spacial score (nSPS) is 33.9. The highest BCUT2D eigenvalue weighted by atomic mass is 15.0. The van der Waals surface area contributed by atoms with Crippen LogP contribution in [-0.2, 0) is 6.42 Å². The Hall–Kier alpha value is -2.26. The number of unbranched alkanes of at least 4 members (excludes halogenated alkanes) is 1. The van der Waals surface area contributed by atoms with Crippen LogP contribution in [0.25, 0.3) is 10.9 Å². The van der Waals surface area contributed by atoms with Gasteiger partial charge < -0.3 is 15.6 Å². The Morgan fingerprint density at radius 2 is 1.62 bits per heavy atom. The maximum atomic E-state index is 4.07. The average molecular weight is 454 g/mol. The van der Waals surface area contributed by atoms with Crippen molar-refractivity contribution in [1.29, 1.82) is 0 Å². The van der Waals surface area contributed by atoms with Gasteiger partial charge in [-0.2, -0.15) is 0 Å². The van der Waals surface area contributed by atoms with Gasteiger partial charge in [-0.25, -0.2) is 0 Å². The molecule has 0 spiro atoms. The molecule has 3 aromatic rings. The Morgan fingerprint density at radius 3 is 2.32 bits per heavy atom. The first-order valence-electron chi connectivity index (χ1n) is 13.9. The number of para-hydroxylation sites is 1. The van der Waals surface area contributed by atoms with Crippen LogP contribution in [0.15, 0.2) is 48.5 Å². The van der Waals surface area contributed by atoms with Crippen molar-refractivity contribution in [3.63, 3.8) is 0 Å². The van der Waals surface area contributed by atoms with Crippen molar-refractivity contribution in [3.8, 4) is 0 Å². The van der Waals surface area contributed by atoms with Crippen molar-refractivity contribution < 1.29 is 0 Å². The van der Waals surface area contributed by atoms with Crippen molar-refractivity contribution in [3.05, 3.63) is 65.4 Å². The lowest BCUT2D eigenvalue weighted by atomic mass is 9.53. The van der Waals surface area contributed by atoms with Gasteiger partial charge in [0.25, 0.3) is 0 Å². The SMILES string of the molecule is CCCCC1Cc2c([nH]c3ccccc23)C(c2ccc(NC34CC5CC(CC(C5)C3)C4)cc2)N1. The minimum atomic E-state index is 0.242. The van der Waals surface area contributed by atoms with Gasteiger partial charge in [0, 0.05) is 33.9 Å². The molecule has 4 aliphatic carbocycles. The topological polar surface area (TPSA) is 39.9 Å². The Kier molecular flexibility index (Phi) is 5.05. The first kappa shape index (κ1) is 21.1. The standard InChI is InChI=1S/C31H39N3/c1-2-3-6-25-16-27-26-7-4-5-8-28(26)33-30(27)29(32-25)23-9-11-24(12-10-23)34-31-17-20-13-21(18-31)15-22(14-20)19-31/h4-5,7-12,20-22,25,29,32-34H,2-3,6,13-19H2,1H3. The van der Waals surface area contributed by atoms with Gasteiger partial charge in [0.15, 0.2) is 0 Å². The molecule has 2 heterocycles. The van der Waals surface area contributed by atoms with E-state index in [1.165, 1.54) is 91.2 Å². The second-order valence-electron chi connectivity index (χ2n) is 12.2. The van der Waals surface area contributed by atoms with Gasteiger partial charge in [-0.15, -0.1) is 0 Å². The van der Waals surface area contributed by atoms with Gasteiger partial charge >= 0.3 is 0 Å². The first-order chi connectivity index (χ1) is 16.7. The number of nitrogens with one attached hydrogen (secondary N) is 3. The number of H-pyrrole nitrogens is 1. The summed E-state index contributed by atoms with van der Waals surface area (Å²) in [5.41, 5.74) is 7.24. The molecule has 3 heteroatoms. The summed E-state index contributed by atoms with van der Waals surface area (Å²) < 4.78 is 0. The molecule has 4 saturated carbocycles. The fourth-order valence-corrected chi connectivity index (χ4v) is 8.54. The van der Waals surface area contributed by atoms with E-state index in [1.807, 2.05) is 0 Å². The molecule has 0 saturated heterocycles. The van der Waals surface area contributed by atoms with E-state index in [0.717, 1.165) is 24.2 Å². The zero-order valence-electron chi connectivity index (χ0n) is 20.6. The minimum absolute atomic E-state index is 0.242. The number of benzene rings is 2. The first-order valence-corrected chi connectivity index (χ1v) is 13.9. The van der Waals surface area contributed by atoms with E-state index in [0.29, 0.717) is 11.6 Å². The van der Waals surface area contributed by atoms with Gasteiger partial charge in [-0.3, -0.25) is 0 Å². The lowest BCUT2D eigenvalue weighted by Gasteiger charge is -2.57. The van der Waals surface area contributed by atoms with Gasteiger partial charge in [0.2, 0.25) is 0 Å². The van der Waals surface area contributed by atoms with Crippen LogP contribution in [0.1, 0.15) is 87.6 Å². The molecule has 34 heavy (non-hydrogen) atoms. The number of fused-ring (bicyclic) bond motifs is 3. The molecule has 2 atom stereocenters. The van der Waals surface area contributed by atoms with Gasteiger partial charge in [0.1, 0.15) is 0 Å². The van der Waals surface area contributed by atoms with E-state index in [9.17, 15) is 0 Å². The fraction of sp³-hybridized carbons (Fsp3) is 0.548. The molecule has 1 aromatic heterocycles. The van der Waals surface area contributed by atoms with E-state index in [2.05, 4.69) is 71.1 Å². The third-order valence-corrected chi connectivity index (χ3v) is 9.59. The van der Waals surface area contributed by atoms with Crippen molar-refractivity contribution in [1.82, 2.24) is 10.3 Å². The van der Waals surface area contributed by atoms with E-state index in [-0.39, 0.29) is 6.04 Å². The number of aromatic nitrogens is 1. The Bertz CT molecular complexity index is 1140. The van der Waals surface area contributed by atoms with Crippen molar-refractivity contribution in [2.24, 2.45) is 17.8 Å². The Balaban J connectivity index is 1.17. The molecular formula is C31H39N3. The Morgan fingerprint density at radius 1 is 0.912 bits per heavy atom. The van der Waals surface area contributed by atoms with Crippen molar-refractivity contribution >= 4 is 16.6 Å². The summed E-state index contributed by atoms with van der Waals surface area (Å²) in [6, 6.07) is 19.1. The molecule has 178 valence electrons. The monoisotopic (exact) mass is 453 g/mol. The van der Waals surface area contributed by atoms with E-state index in [4.69, 9.17) is 0 Å². The third-order valence-electron chi connectivity index (χ3n) is 9.59. The molecule has 2 aromatic carbocycles. The predicted octanol–water partition coefficient (Wildman–Crippen LogP) is 7.34. The number of aromatic amines is 1. The van der Waals surface area contributed by atoms with Gasteiger partial charge in [-0.1, -0.05) is 50.1 Å². The van der Waals surface area contributed by atoms with Crippen LogP contribution in [0.4, 0.5) is 5.69 Å². The summed E-state index contributed by atoms with van der Waals surface area (Å²) in [5.74, 6) is 2.93. The van der Waals surface area contributed by atoms with E-state index < -0.39 is 0 Å². The number of hydrogen-bond donors (Lipinski definition) is 3. The van der Waals surface area contributed by atoms with E-state index in [1.54, 1.807) is 0 Å². The van der Waals surface area contributed by atoms with Crippen LogP contribution in [-0.4, -0.2) is 16.6 Å². The Labute approximate surface area is 204 Å². The largest absolute Gasteiger partial charge is 0.380 e. The summed E-state index contributed by atoms with van der Waals surface area (Å²) in [6.07, 6.45) is 13.6. The minimum Gasteiger partial charge on any atom is -0.380 e. The molecular weight excluding hydrogens is 414 g/mol. The average Bonchev–Trinajstić information content (AvgIpc) is 3.20. The van der Waals surface area contributed by atoms with Crippen LogP contribution in [0, 0.1) is 17.8 Å². The maximum Gasteiger partial charge on any atom is 0.0734 e. The highest BCUT2D eigenvalue weighted by molar-refractivity contribution is 5.85. The molecule has 3 nitrogen and oxygen atoms in total. The summed E-state index contributed by atoms with van der Waals surface area (Å²) in [5, 5.41) is 9.49. The molecule has 5 aliphatic rings. The van der Waals surface area contributed by atoms with Gasteiger partial charge in [-0.05, 0) is 98.4 Å². The number of rotatable bonds is 6. The molecule has 8 rings (SSSR count). The number of hydrogen-bond acceptors (Lipinski definition) is 2. The highest BCUT2D eigenvalue weighted by Crippen LogP contribution is 2.56. The summed E-state index contributed by atoms with van der Waals surface area (Å²) in [7, 11) is 0. The summed E-state index contributed by atoms with van der Waals surface area (Å²) >= 11 is 0. The maximum absolute atomic E-state index is 4.07. The van der Waals surface area contributed by atoms with Crippen LogP contribution in [0.3, 0.4) is 0 Å². The fourth-order valence-electron chi connectivity index (χ4n) is 8.54. The molecule has 4 bridgehead atoms. The molecule has 4 fully saturated rings. The van der Waals surface area contributed by atoms with Crippen molar-refractivity contribution in [2.75, 3.05) is 5.32 Å². The molecule has 1 aliphatic heterocycles. The van der Waals surface area contributed by atoms with Gasteiger partial charge in [0.05, 0.1) is 6.04 Å².